The van der Waals surface area contributed by atoms with Gasteiger partial charge in [-0.1, -0.05) is 13.8 Å². The fourth-order valence-electron chi connectivity index (χ4n) is 1.26. The third-order valence-electron chi connectivity index (χ3n) is 2.14. The van der Waals surface area contributed by atoms with Gasteiger partial charge in [0.05, 0.1) is 12.1 Å². The molecule has 0 aliphatic rings. The molecule has 0 bridgehead atoms. The van der Waals surface area contributed by atoms with Crippen molar-refractivity contribution < 1.29 is 9.59 Å². The Kier molecular flexibility index (Phi) is 8.29. The van der Waals surface area contributed by atoms with Gasteiger partial charge in [0.1, 0.15) is 0 Å². The van der Waals surface area contributed by atoms with Crippen molar-refractivity contribution in [1.82, 2.24) is 5.32 Å². The molecule has 0 heterocycles. The first-order chi connectivity index (χ1) is 7.51. The molecule has 0 aromatic carbocycles. The number of carbonyl (C=O) groups excluding carboxylic acids is 2. The average molecular weight is 245 g/mol. The van der Waals surface area contributed by atoms with Gasteiger partial charge < -0.3 is 11.1 Å². The Hall–Kier alpha value is -0.550. The quantitative estimate of drug-likeness (QED) is 0.660. The minimum atomic E-state index is -0.534. The van der Waals surface area contributed by atoms with Crippen molar-refractivity contribution in [3.05, 3.63) is 0 Å². The van der Waals surface area contributed by atoms with Crippen LogP contribution in [0.3, 0.4) is 0 Å². The Balaban J connectivity index is 4.03. The summed E-state index contributed by atoms with van der Waals surface area (Å²) in [5.74, 6) is 0.922. The van der Waals surface area contributed by atoms with Crippen LogP contribution < -0.4 is 11.1 Å². The van der Waals surface area contributed by atoms with Gasteiger partial charge in [-0.15, -0.1) is 0 Å². The third kappa shape index (κ3) is 6.85. The first-order valence-corrected chi connectivity index (χ1v) is 6.83. The summed E-state index contributed by atoms with van der Waals surface area (Å²) >= 11 is 1.65. The van der Waals surface area contributed by atoms with Crippen LogP contribution in [0.5, 0.6) is 0 Å². The number of amides is 1. The van der Waals surface area contributed by atoms with Gasteiger partial charge in [-0.25, -0.2) is 0 Å². The molecule has 0 saturated heterocycles. The molecule has 93 valence electrons. The highest BCUT2D eigenvalue weighted by Gasteiger charge is 2.18. The van der Waals surface area contributed by atoms with Crippen molar-refractivity contribution in [1.29, 1.82) is 0 Å². The number of nitrogens with two attached hydrogens (primary N) is 1. The van der Waals surface area contributed by atoms with Crippen LogP contribution in [0.25, 0.3) is 0 Å². The van der Waals surface area contributed by atoms with Crippen molar-refractivity contribution in [3.63, 3.8) is 0 Å². The fourth-order valence-corrected chi connectivity index (χ4v) is 1.75. The molecular formula is C11H21N2O2S. The third-order valence-corrected chi connectivity index (χ3v) is 2.78. The van der Waals surface area contributed by atoms with Crippen LogP contribution in [0.4, 0.5) is 0 Å². The van der Waals surface area contributed by atoms with E-state index in [0.717, 1.165) is 5.75 Å². The largest absolute Gasteiger partial charge is 0.344 e. The van der Waals surface area contributed by atoms with Crippen LogP contribution in [0.1, 0.15) is 26.7 Å². The van der Waals surface area contributed by atoms with E-state index in [9.17, 15) is 9.59 Å². The van der Waals surface area contributed by atoms with E-state index in [1.54, 1.807) is 11.8 Å². The molecule has 16 heavy (non-hydrogen) atoms. The molecule has 2 atom stereocenters. The molecular weight excluding hydrogens is 224 g/mol. The second-order valence-electron chi connectivity index (χ2n) is 4.20. The molecule has 4 nitrogen and oxygen atoms in total. The Morgan fingerprint density at radius 1 is 1.50 bits per heavy atom. The summed E-state index contributed by atoms with van der Waals surface area (Å²) in [4.78, 5) is 22.2. The van der Waals surface area contributed by atoms with Gasteiger partial charge in [-0.3, -0.25) is 9.59 Å². The summed E-state index contributed by atoms with van der Waals surface area (Å²) in [6, 6.07) is -1.07. The molecule has 1 amide bonds. The zero-order chi connectivity index (χ0) is 12.6. The molecule has 0 spiro atoms. The molecule has 0 saturated carbocycles. The van der Waals surface area contributed by atoms with Gasteiger partial charge in [-0.2, -0.15) is 11.8 Å². The topological polar surface area (TPSA) is 72.2 Å². The van der Waals surface area contributed by atoms with E-state index in [0.29, 0.717) is 18.8 Å². The van der Waals surface area contributed by atoms with Crippen molar-refractivity contribution in [3.8, 4) is 0 Å². The van der Waals surface area contributed by atoms with E-state index in [1.807, 2.05) is 26.4 Å². The lowest BCUT2D eigenvalue weighted by Crippen LogP contribution is -2.46. The van der Waals surface area contributed by atoms with Gasteiger partial charge in [0.2, 0.25) is 12.2 Å². The van der Waals surface area contributed by atoms with Crippen molar-refractivity contribution in [2.75, 3.05) is 12.0 Å². The molecule has 0 aliphatic heterocycles. The number of hydrogen-bond acceptors (Lipinski definition) is 4. The van der Waals surface area contributed by atoms with Crippen LogP contribution in [-0.4, -0.2) is 36.3 Å². The summed E-state index contributed by atoms with van der Waals surface area (Å²) < 4.78 is 0. The highest BCUT2D eigenvalue weighted by molar-refractivity contribution is 7.98. The molecule has 0 unspecified atom stereocenters. The van der Waals surface area contributed by atoms with Crippen LogP contribution >= 0.6 is 11.8 Å². The van der Waals surface area contributed by atoms with Crippen molar-refractivity contribution in [2.24, 2.45) is 11.7 Å². The van der Waals surface area contributed by atoms with Gasteiger partial charge in [0, 0.05) is 0 Å². The SMILES string of the molecule is CSCC[C@H](N)C(=O)N[C@H]([C]=O)CC(C)C. The minimum Gasteiger partial charge on any atom is -0.344 e. The van der Waals surface area contributed by atoms with Crippen LogP contribution in [0, 0.1) is 5.92 Å². The maximum atomic E-state index is 11.6. The standard InChI is InChI=1S/C11H21N2O2S/c1-8(2)6-9(7-14)13-11(15)10(12)4-5-16-3/h8-10H,4-6,12H2,1-3H3,(H,13,15)/t9-,10-/m0/s1. The predicted molar refractivity (Wildman–Crippen MR) is 68.1 cm³/mol. The molecule has 0 fully saturated rings. The second-order valence-corrected chi connectivity index (χ2v) is 5.18. The average Bonchev–Trinajstić information content (AvgIpc) is 2.23. The van der Waals surface area contributed by atoms with E-state index < -0.39 is 12.1 Å². The van der Waals surface area contributed by atoms with E-state index in [-0.39, 0.29) is 5.91 Å². The van der Waals surface area contributed by atoms with Crippen LogP contribution in [0.15, 0.2) is 0 Å². The first-order valence-electron chi connectivity index (χ1n) is 5.43. The van der Waals surface area contributed by atoms with Crippen molar-refractivity contribution >= 4 is 24.0 Å². The van der Waals surface area contributed by atoms with E-state index >= 15 is 0 Å². The highest BCUT2D eigenvalue weighted by Crippen LogP contribution is 2.04. The summed E-state index contributed by atoms with van der Waals surface area (Å²) in [7, 11) is 0. The number of carbonyl (C=O) groups is 1. The van der Waals surface area contributed by atoms with E-state index in [4.69, 9.17) is 5.73 Å². The molecule has 5 heteroatoms. The summed E-state index contributed by atoms with van der Waals surface area (Å²) in [6.45, 7) is 3.98. The molecule has 0 aromatic rings. The summed E-state index contributed by atoms with van der Waals surface area (Å²) in [5.41, 5.74) is 5.68. The van der Waals surface area contributed by atoms with Gasteiger partial charge in [-0.05, 0) is 30.8 Å². The molecule has 0 aliphatic carbocycles. The van der Waals surface area contributed by atoms with Crippen LogP contribution in [0.2, 0.25) is 0 Å². The number of thioether (sulfide) groups is 1. The maximum Gasteiger partial charge on any atom is 0.237 e. The number of nitrogens with one attached hydrogen (secondary N) is 1. The smallest absolute Gasteiger partial charge is 0.237 e. The fraction of sp³-hybridized carbons (Fsp3) is 0.818. The Labute approximate surface area is 102 Å². The highest BCUT2D eigenvalue weighted by atomic mass is 32.2. The van der Waals surface area contributed by atoms with Gasteiger partial charge in [0.15, 0.2) is 0 Å². The van der Waals surface area contributed by atoms with E-state index in [1.165, 1.54) is 0 Å². The van der Waals surface area contributed by atoms with Gasteiger partial charge in [0.25, 0.3) is 0 Å². The molecule has 0 aromatic heterocycles. The Morgan fingerprint density at radius 3 is 2.56 bits per heavy atom. The lowest BCUT2D eigenvalue weighted by molar-refractivity contribution is -0.122. The summed E-state index contributed by atoms with van der Waals surface area (Å²) in [5, 5.41) is 2.61. The maximum absolute atomic E-state index is 11.6. The predicted octanol–water partition coefficient (Wildman–Crippen LogP) is 0.707. The lowest BCUT2D eigenvalue weighted by atomic mass is 10.0. The number of hydrogen-bond donors (Lipinski definition) is 2. The molecule has 0 rings (SSSR count). The van der Waals surface area contributed by atoms with Crippen LogP contribution in [-0.2, 0) is 9.59 Å². The molecule has 3 N–H and O–H groups in total. The first kappa shape index (κ1) is 15.4. The monoisotopic (exact) mass is 245 g/mol. The normalized spacial score (nSPS) is 14.6. The van der Waals surface area contributed by atoms with Gasteiger partial charge >= 0.3 is 0 Å². The summed E-state index contributed by atoms with van der Waals surface area (Å²) in [6.07, 6.45) is 5.02. The Morgan fingerprint density at radius 2 is 2.12 bits per heavy atom. The zero-order valence-electron chi connectivity index (χ0n) is 10.2. The van der Waals surface area contributed by atoms with E-state index in [2.05, 4.69) is 5.32 Å². The van der Waals surface area contributed by atoms with Crippen molar-refractivity contribution in [2.45, 2.75) is 38.8 Å². The minimum absolute atomic E-state index is 0.261. The zero-order valence-corrected chi connectivity index (χ0v) is 11.0. The lowest BCUT2D eigenvalue weighted by Gasteiger charge is -2.17. The second kappa shape index (κ2) is 8.58. The Bertz CT molecular complexity index is 222. The molecule has 1 radical (unpaired) electrons. The number of rotatable bonds is 8.